The zero-order valence-electron chi connectivity index (χ0n) is 12.3. The zero-order chi connectivity index (χ0) is 17.1. The maximum absolute atomic E-state index is 11.9. The molecule has 0 saturated heterocycles. The molecule has 7 heteroatoms. The molecule has 2 N–H and O–H groups in total. The van der Waals surface area contributed by atoms with Gasteiger partial charge >= 0.3 is 6.09 Å². The monoisotopic (exact) mass is 324 g/mol. The Morgan fingerprint density at radius 3 is 2.46 bits per heavy atom. The summed E-state index contributed by atoms with van der Waals surface area (Å²) in [5.74, 6) is -0.181. The summed E-state index contributed by atoms with van der Waals surface area (Å²) in [6.07, 6.45) is -0.860. The van der Waals surface area contributed by atoms with Crippen LogP contribution in [0.4, 0.5) is 16.2 Å². The third-order valence-corrected chi connectivity index (χ3v) is 3.33. The number of ether oxygens (including phenoxy) is 1. The first-order valence-electron chi connectivity index (χ1n) is 6.98. The lowest BCUT2D eigenvalue weighted by Gasteiger charge is -2.09. The number of nitrogens with one attached hydrogen (secondary N) is 1. The van der Waals surface area contributed by atoms with E-state index in [2.05, 4.69) is 5.32 Å². The molecule has 3 aromatic rings. The molecule has 3 aromatic carbocycles. The van der Waals surface area contributed by atoms with Crippen LogP contribution in [0.25, 0.3) is 10.8 Å². The fraction of sp³-hybridized carbons (Fsp3) is 0. The number of rotatable bonds is 3. The summed E-state index contributed by atoms with van der Waals surface area (Å²) in [5, 5.41) is 24.7. The van der Waals surface area contributed by atoms with Crippen LogP contribution in [0, 0.1) is 10.1 Å². The molecule has 0 fully saturated rings. The third-order valence-electron chi connectivity index (χ3n) is 3.33. The largest absolute Gasteiger partial charge is 0.504 e. The number of carbonyl (C=O) groups is 1. The molecule has 7 nitrogen and oxygen atoms in total. The molecular weight excluding hydrogens is 312 g/mol. The number of anilines is 1. The predicted molar refractivity (Wildman–Crippen MR) is 88.4 cm³/mol. The standard InChI is InChI=1S/C17H12N2O5/c20-15-8-11-4-1-2-5-12(11)9-16(15)24-17(21)18-13-6-3-7-14(10-13)19(22)23/h1-10,20H,(H,18,21). The number of phenols is 1. The van der Waals surface area contributed by atoms with E-state index >= 15 is 0 Å². The Labute approximate surface area is 136 Å². The lowest BCUT2D eigenvalue weighted by Crippen LogP contribution is -2.16. The van der Waals surface area contributed by atoms with E-state index in [0.717, 1.165) is 10.8 Å². The Kier molecular flexibility index (Phi) is 3.98. The van der Waals surface area contributed by atoms with Crippen LogP contribution in [0.1, 0.15) is 0 Å². The Morgan fingerprint density at radius 2 is 1.75 bits per heavy atom. The highest BCUT2D eigenvalue weighted by Crippen LogP contribution is 2.31. The maximum atomic E-state index is 11.9. The van der Waals surface area contributed by atoms with Crippen LogP contribution in [0.15, 0.2) is 60.7 Å². The van der Waals surface area contributed by atoms with E-state index in [1.165, 1.54) is 36.4 Å². The summed E-state index contributed by atoms with van der Waals surface area (Å²) >= 11 is 0. The lowest BCUT2D eigenvalue weighted by atomic mass is 10.1. The number of hydrogen-bond donors (Lipinski definition) is 2. The minimum Gasteiger partial charge on any atom is -0.504 e. The number of phenolic OH excluding ortho intramolecular Hbond substituents is 1. The molecule has 0 saturated carbocycles. The van der Waals surface area contributed by atoms with Crippen LogP contribution >= 0.6 is 0 Å². The molecule has 0 spiro atoms. The predicted octanol–water partition coefficient (Wildman–Crippen LogP) is 4.06. The number of nitro benzene ring substituents is 1. The molecule has 0 unspecified atom stereocenters. The number of aromatic hydroxyl groups is 1. The number of amides is 1. The Morgan fingerprint density at radius 1 is 1.04 bits per heavy atom. The summed E-state index contributed by atoms with van der Waals surface area (Å²) in [5.41, 5.74) is 0.0656. The van der Waals surface area contributed by atoms with Gasteiger partial charge in [-0.05, 0) is 29.0 Å². The summed E-state index contributed by atoms with van der Waals surface area (Å²) in [6, 6.07) is 15.8. The molecule has 120 valence electrons. The number of fused-ring (bicyclic) bond motifs is 1. The minimum absolute atomic E-state index is 0.00312. The van der Waals surface area contributed by atoms with Crippen molar-refractivity contribution in [1.82, 2.24) is 0 Å². The fourth-order valence-corrected chi connectivity index (χ4v) is 2.23. The van der Waals surface area contributed by atoms with Crippen molar-refractivity contribution >= 4 is 28.2 Å². The molecule has 0 bridgehead atoms. The quantitative estimate of drug-likeness (QED) is 0.558. The van der Waals surface area contributed by atoms with Crippen LogP contribution in [-0.2, 0) is 0 Å². The third kappa shape index (κ3) is 3.25. The molecule has 0 aliphatic rings. The van der Waals surface area contributed by atoms with E-state index in [4.69, 9.17) is 4.74 Å². The molecule has 0 aromatic heterocycles. The van der Waals surface area contributed by atoms with Gasteiger partial charge in [0.15, 0.2) is 11.5 Å². The molecule has 0 aliphatic carbocycles. The van der Waals surface area contributed by atoms with E-state index in [9.17, 15) is 20.0 Å². The second-order valence-electron chi connectivity index (χ2n) is 4.99. The summed E-state index contributed by atoms with van der Waals surface area (Å²) < 4.78 is 5.09. The number of benzene rings is 3. The highest BCUT2D eigenvalue weighted by Gasteiger charge is 2.12. The average Bonchev–Trinajstić information content (AvgIpc) is 2.55. The second-order valence-corrected chi connectivity index (χ2v) is 4.99. The van der Waals surface area contributed by atoms with Gasteiger partial charge in [0.25, 0.3) is 5.69 Å². The van der Waals surface area contributed by atoms with Gasteiger partial charge in [0, 0.05) is 12.1 Å². The van der Waals surface area contributed by atoms with Gasteiger partial charge in [0.2, 0.25) is 0 Å². The number of hydrogen-bond acceptors (Lipinski definition) is 5. The van der Waals surface area contributed by atoms with E-state index in [-0.39, 0.29) is 22.9 Å². The number of nitro groups is 1. The number of nitrogens with zero attached hydrogens (tertiary/aromatic N) is 1. The van der Waals surface area contributed by atoms with Gasteiger partial charge in [-0.3, -0.25) is 15.4 Å². The van der Waals surface area contributed by atoms with Crippen LogP contribution in [0.3, 0.4) is 0 Å². The van der Waals surface area contributed by atoms with Gasteiger partial charge in [-0.25, -0.2) is 4.79 Å². The Balaban J connectivity index is 1.79. The van der Waals surface area contributed by atoms with Crippen molar-refractivity contribution in [3.05, 3.63) is 70.8 Å². The van der Waals surface area contributed by atoms with E-state index < -0.39 is 11.0 Å². The van der Waals surface area contributed by atoms with Crippen molar-refractivity contribution in [3.8, 4) is 11.5 Å². The van der Waals surface area contributed by atoms with Crippen molar-refractivity contribution < 1.29 is 19.6 Å². The van der Waals surface area contributed by atoms with E-state index in [0.29, 0.717) is 0 Å². The topological polar surface area (TPSA) is 102 Å². The van der Waals surface area contributed by atoms with Crippen LogP contribution in [0.2, 0.25) is 0 Å². The normalized spacial score (nSPS) is 10.3. The van der Waals surface area contributed by atoms with Crippen molar-refractivity contribution in [2.75, 3.05) is 5.32 Å². The lowest BCUT2D eigenvalue weighted by molar-refractivity contribution is -0.384. The maximum Gasteiger partial charge on any atom is 0.417 e. The highest BCUT2D eigenvalue weighted by atomic mass is 16.6. The summed E-state index contributed by atoms with van der Waals surface area (Å²) in [4.78, 5) is 22.1. The molecular formula is C17H12N2O5. The van der Waals surface area contributed by atoms with Crippen molar-refractivity contribution in [3.63, 3.8) is 0 Å². The number of non-ortho nitro benzene ring substituents is 1. The van der Waals surface area contributed by atoms with Gasteiger partial charge < -0.3 is 9.84 Å². The zero-order valence-corrected chi connectivity index (χ0v) is 12.3. The molecule has 0 heterocycles. The second kappa shape index (κ2) is 6.25. The molecule has 24 heavy (non-hydrogen) atoms. The van der Waals surface area contributed by atoms with Gasteiger partial charge in [-0.1, -0.05) is 30.3 Å². The van der Waals surface area contributed by atoms with Gasteiger partial charge in [0.05, 0.1) is 10.6 Å². The van der Waals surface area contributed by atoms with Crippen molar-refractivity contribution in [1.29, 1.82) is 0 Å². The first kappa shape index (κ1) is 15.3. The first-order chi connectivity index (χ1) is 11.5. The highest BCUT2D eigenvalue weighted by molar-refractivity contribution is 5.90. The van der Waals surface area contributed by atoms with Crippen LogP contribution in [-0.4, -0.2) is 16.1 Å². The molecule has 3 rings (SSSR count). The SMILES string of the molecule is O=C(Nc1cccc([N+](=O)[O-])c1)Oc1cc2ccccc2cc1O. The van der Waals surface area contributed by atoms with Crippen LogP contribution < -0.4 is 10.1 Å². The van der Waals surface area contributed by atoms with Crippen LogP contribution in [0.5, 0.6) is 11.5 Å². The summed E-state index contributed by atoms with van der Waals surface area (Å²) in [6.45, 7) is 0. The molecule has 0 aliphatic heterocycles. The fourth-order valence-electron chi connectivity index (χ4n) is 2.23. The smallest absolute Gasteiger partial charge is 0.417 e. The molecule has 0 atom stereocenters. The summed E-state index contributed by atoms with van der Waals surface area (Å²) in [7, 11) is 0. The Bertz CT molecular complexity index is 939. The van der Waals surface area contributed by atoms with Gasteiger partial charge in [-0.15, -0.1) is 0 Å². The minimum atomic E-state index is -0.860. The van der Waals surface area contributed by atoms with Crippen molar-refractivity contribution in [2.24, 2.45) is 0 Å². The first-order valence-corrected chi connectivity index (χ1v) is 6.98. The van der Waals surface area contributed by atoms with Gasteiger partial charge in [-0.2, -0.15) is 0 Å². The van der Waals surface area contributed by atoms with Crippen molar-refractivity contribution in [2.45, 2.75) is 0 Å². The van der Waals surface area contributed by atoms with E-state index in [1.54, 1.807) is 0 Å². The molecule has 0 radical (unpaired) electrons. The van der Waals surface area contributed by atoms with Gasteiger partial charge in [0.1, 0.15) is 0 Å². The van der Waals surface area contributed by atoms with E-state index in [1.807, 2.05) is 24.3 Å². The Hall–Kier alpha value is -3.61. The molecule has 1 amide bonds. The average molecular weight is 324 g/mol. The number of carbonyl (C=O) groups excluding carboxylic acids is 1.